The summed E-state index contributed by atoms with van der Waals surface area (Å²) in [5.74, 6) is 0.287. The quantitative estimate of drug-likeness (QED) is 0.183. The van der Waals surface area contributed by atoms with Crippen molar-refractivity contribution in [3.63, 3.8) is 0 Å². The van der Waals surface area contributed by atoms with E-state index in [1.165, 1.54) is 5.56 Å². The van der Waals surface area contributed by atoms with E-state index in [4.69, 9.17) is 4.98 Å². The zero-order chi connectivity index (χ0) is 28.5. The Kier molecular flexibility index (Phi) is 9.26. The van der Waals surface area contributed by atoms with Crippen molar-refractivity contribution in [2.75, 3.05) is 0 Å². The summed E-state index contributed by atoms with van der Waals surface area (Å²) >= 11 is 1.58. The Morgan fingerprint density at radius 2 is 1.46 bits per heavy atom. The van der Waals surface area contributed by atoms with E-state index in [-0.39, 0.29) is 37.6 Å². The topological polar surface area (TPSA) is 46.0 Å². The average molecular weight is 739 g/mol. The van der Waals surface area contributed by atoms with Gasteiger partial charge in [-0.3, -0.25) is 4.98 Å². The summed E-state index contributed by atoms with van der Waals surface area (Å²) in [4.78, 5) is 10.7. The van der Waals surface area contributed by atoms with Crippen molar-refractivity contribution in [1.29, 1.82) is 0 Å². The van der Waals surface area contributed by atoms with Crippen molar-refractivity contribution in [2.45, 2.75) is 62.3 Å². The van der Waals surface area contributed by atoms with E-state index in [0.717, 1.165) is 49.1 Å². The van der Waals surface area contributed by atoms with Gasteiger partial charge in [0.1, 0.15) is 5.75 Å². The van der Waals surface area contributed by atoms with Crippen LogP contribution in [0.1, 0.15) is 52.7 Å². The van der Waals surface area contributed by atoms with Gasteiger partial charge in [0.15, 0.2) is 0 Å². The molecule has 0 saturated carbocycles. The van der Waals surface area contributed by atoms with E-state index in [2.05, 4.69) is 82.9 Å². The molecule has 212 valence electrons. The van der Waals surface area contributed by atoms with Crippen molar-refractivity contribution in [3.8, 4) is 39.4 Å². The second-order valence-electron chi connectivity index (χ2n) is 12.1. The summed E-state index contributed by atoms with van der Waals surface area (Å²) in [6.45, 7) is 13.0. The molecule has 0 aliphatic heterocycles. The molecule has 0 aliphatic carbocycles. The molecule has 3 nitrogen and oxygen atoms in total. The number of benzene rings is 3. The molecule has 2 aromatic heterocycles. The molecule has 41 heavy (non-hydrogen) atoms. The molecule has 0 unspecified atom stereocenters. The van der Waals surface area contributed by atoms with Crippen LogP contribution in [0.2, 0.25) is 0 Å². The van der Waals surface area contributed by atoms with Crippen molar-refractivity contribution < 1.29 is 26.2 Å². The van der Waals surface area contributed by atoms with Crippen LogP contribution < -0.4 is 0 Å². The SMILES string of the molecule is CC(C)(C)c1cc(-c2ccc(-c3ccccc3)c(-c3[c-]c(Sc4ccccn4)ccc3)n2)c(O)c(C(C)(C)C)c1.[Pt]. The van der Waals surface area contributed by atoms with Gasteiger partial charge in [-0.05, 0) is 57.5 Å². The standard InChI is InChI=1S/C36H35N2OS.Pt/c1-35(2,3)26-22-29(34(39)30(23-26)36(4,5)6)31-19-18-28(24-13-8-7-9-14-24)33(38-31)25-15-12-16-27(21-25)40-32-17-10-11-20-37-32;/h7-20,22-23,39H,1-6H3;/q-1;. The Morgan fingerprint density at radius 3 is 2.12 bits per heavy atom. The molecule has 5 heteroatoms. The normalized spacial score (nSPS) is 11.7. The molecule has 5 aromatic rings. The van der Waals surface area contributed by atoms with Gasteiger partial charge in [-0.15, -0.1) is 29.8 Å². The second kappa shape index (κ2) is 12.3. The molecule has 0 bridgehead atoms. The fraction of sp³-hybridized carbons (Fsp3) is 0.222. The van der Waals surface area contributed by atoms with Crippen LogP contribution in [0, 0.1) is 6.07 Å². The first-order valence-electron chi connectivity index (χ1n) is 13.6. The third-order valence-electron chi connectivity index (χ3n) is 6.92. The summed E-state index contributed by atoms with van der Waals surface area (Å²) in [7, 11) is 0. The summed E-state index contributed by atoms with van der Waals surface area (Å²) in [5, 5.41) is 12.5. The molecule has 2 heterocycles. The van der Waals surface area contributed by atoms with Crippen molar-refractivity contribution in [2.24, 2.45) is 0 Å². The summed E-state index contributed by atoms with van der Waals surface area (Å²) in [6, 6.07) is 34.3. The van der Waals surface area contributed by atoms with Crippen LogP contribution in [-0.2, 0) is 31.9 Å². The van der Waals surface area contributed by atoms with Gasteiger partial charge in [0, 0.05) is 38.4 Å². The number of rotatable bonds is 5. The van der Waals surface area contributed by atoms with Crippen LogP contribution >= 0.6 is 11.8 Å². The molecule has 0 radical (unpaired) electrons. The fourth-order valence-electron chi connectivity index (χ4n) is 4.67. The van der Waals surface area contributed by atoms with E-state index < -0.39 is 0 Å². The molecule has 0 spiro atoms. The van der Waals surface area contributed by atoms with Gasteiger partial charge in [0.25, 0.3) is 0 Å². The number of phenolic OH excluding ortho intramolecular Hbond substituents is 1. The summed E-state index contributed by atoms with van der Waals surface area (Å²) < 4.78 is 0. The predicted octanol–water partition coefficient (Wildman–Crippen LogP) is 9.73. The number of phenols is 1. The number of aromatic nitrogens is 2. The number of hydrogen-bond donors (Lipinski definition) is 1. The maximum atomic E-state index is 11.6. The molecular formula is C36H35N2OPtS-. The molecule has 0 fully saturated rings. The van der Waals surface area contributed by atoms with Gasteiger partial charge < -0.3 is 5.11 Å². The maximum Gasteiger partial charge on any atom is 0.128 e. The van der Waals surface area contributed by atoms with E-state index in [1.807, 2.05) is 60.7 Å². The van der Waals surface area contributed by atoms with Crippen molar-refractivity contribution in [3.05, 3.63) is 114 Å². The largest absolute Gasteiger partial charge is 0.507 e. The zero-order valence-corrected chi connectivity index (χ0v) is 27.4. The van der Waals surface area contributed by atoms with Gasteiger partial charge >= 0.3 is 0 Å². The zero-order valence-electron chi connectivity index (χ0n) is 24.3. The van der Waals surface area contributed by atoms with Crippen LogP contribution in [-0.4, -0.2) is 15.1 Å². The molecule has 0 atom stereocenters. The van der Waals surface area contributed by atoms with Gasteiger partial charge in [-0.25, -0.2) is 4.98 Å². The van der Waals surface area contributed by atoms with E-state index in [1.54, 1.807) is 18.0 Å². The van der Waals surface area contributed by atoms with E-state index in [0.29, 0.717) is 0 Å². The monoisotopic (exact) mass is 738 g/mol. The first kappa shape index (κ1) is 30.7. The Hall–Kier alpha value is -3.20. The Labute approximate surface area is 262 Å². The van der Waals surface area contributed by atoms with Gasteiger partial charge in [0.05, 0.1) is 10.7 Å². The molecule has 5 rings (SSSR count). The average Bonchev–Trinajstić information content (AvgIpc) is 2.93. The van der Waals surface area contributed by atoms with E-state index >= 15 is 0 Å². The predicted molar refractivity (Wildman–Crippen MR) is 167 cm³/mol. The minimum atomic E-state index is -0.224. The number of pyridine rings is 2. The third kappa shape index (κ3) is 7.00. The number of nitrogens with zero attached hydrogens (tertiary/aromatic N) is 2. The smallest absolute Gasteiger partial charge is 0.128 e. The van der Waals surface area contributed by atoms with Crippen LogP contribution in [0.3, 0.4) is 0 Å². The summed E-state index contributed by atoms with van der Waals surface area (Å²) in [6.07, 6.45) is 1.80. The Morgan fingerprint density at radius 1 is 0.732 bits per heavy atom. The minimum Gasteiger partial charge on any atom is -0.507 e. The van der Waals surface area contributed by atoms with Crippen LogP contribution in [0.4, 0.5) is 0 Å². The Balaban J connectivity index is 0.00000387. The molecule has 1 N–H and O–H groups in total. The van der Waals surface area contributed by atoms with Gasteiger partial charge in [-0.1, -0.05) is 107 Å². The van der Waals surface area contributed by atoms with Crippen molar-refractivity contribution in [1.82, 2.24) is 9.97 Å². The van der Waals surface area contributed by atoms with Crippen LogP contribution in [0.5, 0.6) is 5.75 Å². The first-order valence-corrected chi connectivity index (χ1v) is 14.4. The Bertz CT molecular complexity index is 1640. The van der Waals surface area contributed by atoms with Crippen LogP contribution in [0.25, 0.3) is 33.6 Å². The van der Waals surface area contributed by atoms with Gasteiger partial charge in [-0.2, -0.15) is 0 Å². The maximum absolute atomic E-state index is 11.6. The molecular weight excluding hydrogens is 704 g/mol. The van der Waals surface area contributed by atoms with Gasteiger partial charge in [0.2, 0.25) is 0 Å². The summed E-state index contributed by atoms with van der Waals surface area (Å²) in [5.41, 5.74) is 7.08. The molecule has 3 aromatic carbocycles. The number of hydrogen-bond acceptors (Lipinski definition) is 4. The minimum absolute atomic E-state index is 0. The molecule has 0 amide bonds. The second-order valence-corrected chi connectivity index (χ2v) is 13.1. The van der Waals surface area contributed by atoms with E-state index in [9.17, 15) is 5.11 Å². The van der Waals surface area contributed by atoms with Crippen molar-refractivity contribution >= 4 is 11.8 Å². The fourth-order valence-corrected chi connectivity index (χ4v) is 5.46. The number of aromatic hydroxyl groups is 1. The first-order chi connectivity index (χ1) is 19.0. The van der Waals surface area contributed by atoms with Crippen LogP contribution in [0.15, 0.2) is 107 Å². The third-order valence-corrected chi connectivity index (χ3v) is 7.82. The molecule has 0 aliphatic rings. The molecule has 0 saturated heterocycles.